The molecule has 1 aliphatic heterocycles. The molecule has 0 bridgehead atoms. The van der Waals surface area contributed by atoms with Gasteiger partial charge in [-0.3, -0.25) is 14.4 Å². The number of methoxy groups -OCH3 is 2. The van der Waals surface area contributed by atoms with Crippen molar-refractivity contribution in [2.75, 3.05) is 27.8 Å². The standard InChI is InChI=1S/C31H51N3O6/c1-9-20(3)28(33(6)26(35)10-2)25(39-7)19-27(36)34-18-14-17-24(34)30(40-8)21(4)31(38)32-22(5)29(37)23-15-12-11-13-16-23/h11-13,15-16,20-22,24-25,28-30,37H,9-10,14,17-19H2,1-8H3,(H,32,38)/t20-,21+,22+,24-,25+,28-,29-,30+/m0/s1. The van der Waals surface area contributed by atoms with Gasteiger partial charge in [-0.25, -0.2) is 0 Å². The highest BCUT2D eigenvalue weighted by Crippen LogP contribution is 2.29. The number of rotatable bonds is 15. The van der Waals surface area contributed by atoms with Crippen molar-refractivity contribution in [1.29, 1.82) is 0 Å². The first kappa shape index (κ1) is 33.7. The Morgan fingerprint density at radius 2 is 1.75 bits per heavy atom. The molecule has 1 fully saturated rings. The molecule has 2 rings (SSSR count). The van der Waals surface area contributed by atoms with Crippen LogP contribution in [0.2, 0.25) is 0 Å². The van der Waals surface area contributed by atoms with Crippen LogP contribution in [0.4, 0.5) is 0 Å². The van der Waals surface area contributed by atoms with Gasteiger partial charge in [-0.1, -0.05) is 64.4 Å². The molecule has 8 atom stereocenters. The lowest BCUT2D eigenvalue weighted by Crippen LogP contribution is -2.53. The van der Waals surface area contributed by atoms with Gasteiger partial charge in [0.2, 0.25) is 17.7 Å². The Morgan fingerprint density at radius 1 is 1.10 bits per heavy atom. The Bertz CT molecular complexity index is 944. The molecule has 1 saturated heterocycles. The zero-order chi connectivity index (χ0) is 30.0. The van der Waals surface area contributed by atoms with Gasteiger partial charge in [0.25, 0.3) is 0 Å². The fourth-order valence-electron chi connectivity index (χ4n) is 5.95. The summed E-state index contributed by atoms with van der Waals surface area (Å²) in [6, 6.07) is 8.23. The van der Waals surface area contributed by atoms with Gasteiger partial charge in [0, 0.05) is 34.2 Å². The van der Waals surface area contributed by atoms with Gasteiger partial charge in [0.15, 0.2) is 0 Å². The van der Waals surface area contributed by atoms with Gasteiger partial charge in [-0.15, -0.1) is 0 Å². The van der Waals surface area contributed by atoms with Crippen LogP contribution in [-0.2, 0) is 23.9 Å². The number of nitrogens with zero attached hydrogens (tertiary/aromatic N) is 2. The second-order valence-corrected chi connectivity index (χ2v) is 11.2. The predicted molar refractivity (Wildman–Crippen MR) is 155 cm³/mol. The number of hydrogen-bond acceptors (Lipinski definition) is 6. The van der Waals surface area contributed by atoms with Crippen molar-refractivity contribution in [3.8, 4) is 0 Å². The zero-order valence-corrected chi connectivity index (χ0v) is 25.6. The quantitative estimate of drug-likeness (QED) is 0.339. The number of likely N-dealkylation sites (tertiary alicyclic amines) is 1. The number of benzene rings is 1. The van der Waals surface area contributed by atoms with Crippen LogP contribution in [-0.4, -0.2) is 90.8 Å². The number of amides is 3. The minimum Gasteiger partial charge on any atom is -0.386 e. The average molecular weight is 562 g/mol. The number of likely N-dealkylation sites (N-methyl/N-ethyl adjacent to an activating group) is 1. The van der Waals surface area contributed by atoms with Crippen LogP contribution in [0.25, 0.3) is 0 Å². The molecule has 2 N–H and O–H groups in total. The van der Waals surface area contributed by atoms with E-state index in [0.717, 1.165) is 24.8 Å². The van der Waals surface area contributed by atoms with E-state index in [-0.39, 0.29) is 42.1 Å². The van der Waals surface area contributed by atoms with E-state index in [1.807, 2.05) is 42.2 Å². The van der Waals surface area contributed by atoms with Gasteiger partial charge in [0.05, 0.1) is 48.8 Å². The van der Waals surface area contributed by atoms with Gasteiger partial charge >= 0.3 is 0 Å². The second-order valence-electron chi connectivity index (χ2n) is 11.2. The second kappa shape index (κ2) is 16.1. The summed E-state index contributed by atoms with van der Waals surface area (Å²) in [6.07, 6.45) is 1.11. The third-order valence-electron chi connectivity index (χ3n) is 8.59. The third kappa shape index (κ3) is 8.27. The maximum atomic E-state index is 13.7. The molecule has 0 aliphatic carbocycles. The van der Waals surface area contributed by atoms with E-state index >= 15 is 0 Å². The Hall–Kier alpha value is -2.49. The lowest BCUT2D eigenvalue weighted by molar-refractivity contribution is -0.145. The highest BCUT2D eigenvalue weighted by atomic mass is 16.5. The monoisotopic (exact) mass is 561 g/mol. The van der Waals surface area contributed by atoms with E-state index in [9.17, 15) is 19.5 Å². The fraction of sp³-hybridized carbons (Fsp3) is 0.710. The maximum absolute atomic E-state index is 13.7. The zero-order valence-electron chi connectivity index (χ0n) is 25.6. The third-order valence-corrected chi connectivity index (χ3v) is 8.59. The molecule has 1 aromatic rings. The molecule has 3 amide bonds. The molecule has 9 nitrogen and oxygen atoms in total. The molecule has 9 heteroatoms. The smallest absolute Gasteiger partial charge is 0.225 e. The molecule has 0 spiro atoms. The summed E-state index contributed by atoms with van der Waals surface area (Å²) < 4.78 is 11.7. The van der Waals surface area contributed by atoms with E-state index in [2.05, 4.69) is 19.2 Å². The summed E-state index contributed by atoms with van der Waals surface area (Å²) in [5, 5.41) is 13.6. The number of ether oxygens (including phenoxy) is 2. The van der Waals surface area contributed by atoms with E-state index < -0.39 is 30.3 Å². The summed E-state index contributed by atoms with van der Waals surface area (Å²) in [4.78, 5) is 43.0. The van der Waals surface area contributed by atoms with Gasteiger partial charge < -0.3 is 29.7 Å². The summed E-state index contributed by atoms with van der Waals surface area (Å²) in [6.45, 7) is 10.1. The number of aliphatic hydroxyl groups is 1. The highest BCUT2D eigenvalue weighted by molar-refractivity contribution is 5.80. The Morgan fingerprint density at radius 3 is 2.30 bits per heavy atom. The van der Waals surface area contributed by atoms with Crippen LogP contribution in [0, 0.1) is 11.8 Å². The number of nitrogens with one attached hydrogen (secondary N) is 1. The molecule has 40 heavy (non-hydrogen) atoms. The number of hydrogen-bond donors (Lipinski definition) is 2. The lowest BCUT2D eigenvalue weighted by Gasteiger charge is -2.39. The van der Waals surface area contributed by atoms with Gasteiger partial charge in [-0.05, 0) is 31.2 Å². The van der Waals surface area contributed by atoms with Crippen LogP contribution in [0.15, 0.2) is 30.3 Å². The molecule has 0 saturated carbocycles. The highest BCUT2D eigenvalue weighted by Gasteiger charge is 2.42. The fourth-order valence-corrected chi connectivity index (χ4v) is 5.95. The molecule has 0 radical (unpaired) electrons. The topological polar surface area (TPSA) is 108 Å². The van der Waals surface area contributed by atoms with E-state index in [1.165, 1.54) is 0 Å². The van der Waals surface area contributed by atoms with E-state index in [1.54, 1.807) is 40.0 Å². The Labute approximate surface area is 240 Å². The van der Waals surface area contributed by atoms with Crippen LogP contribution >= 0.6 is 0 Å². The van der Waals surface area contributed by atoms with Crippen molar-refractivity contribution in [3.63, 3.8) is 0 Å². The molecule has 1 heterocycles. The molecule has 0 unspecified atom stereocenters. The van der Waals surface area contributed by atoms with Gasteiger partial charge in [-0.2, -0.15) is 0 Å². The number of carbonyl (C=O) groups excluding carboxylic acids is 3. The molecule has 1 aliphatic rings. The number of aliphatic hydroxyl groups excluding tert-OH is 1. The minimum absolute atomic E-state index is 0.0183. The summed E-state index contributed by atoms with van der Waals surface area (Å²) in [7, 11) is 4.95. The van der Waals surface area contributed by atoms with E-state index in [4.69, 9.17) is 9.47 Å². The largest absolute Gasteiger partial charge is 0.386 e. The van der Waals surface area contributed by atoms with Crippen molar-refractivity contribution < 1.29 is 29.0 Å². The molecule has 226 valence electrons. The van der Waals surface area contributed by atoms with Crippen LogP contribution in [0.1, 0.15) is 78.4 Å². The van der Waals surface area contributed by atoms with E-state index in [0.29, 0.717) is 13.0 Å². The van der Waals surface area contributed by atoms with Crippen LogP contribution in [0.3, 0.4) is 0 Å². The molecule has 1 aromatic carbocycles. The first-order valence-electron chi connectivity index (χ1n) is 14.7. The Balaban J connectivity index is 2.14. The molecular formula is C31H51N3O6. The SMILES string of the molecule is CCC(=O)N(C)[C@@H]([C@@H](C)CC)[C@@H](CC(=O)N1CCC[C@H]1[C@H](OC)[C@@H](C)C(=O)N[C@H](C)[C@H](O)c1ccccc1)OC. The summed E-state index contributed by atoms with van der Waals surface area (Å²) in [5.41, 5.74) is 0.730. The molecular weight excluding hydrogens is 510 g/mol. The van der Waals surface area contributed by atoms with Crippen LogP contribution < -0.4 is 5.32 Å². The summed E-state index contributed by atoms with van der Waals surface area (Å²) >= 11 is 0. The normalized spacial score (nSPS) is 20.6. The minimum atomic E-state index is -0.843. The van der Waals surface area contributed by atoms with Crippen molar-refractivity contribution in [1.82, 2.24) is 15.1 Å². The van der Waals surface area contributed by atoms with Crippen LogP contribution in [0.5, 0.6) is 0 Å². The number of carbonyl (C=O) groups is 3. The van der Waals surface area contributed by atoms with Gasteiger partial charge in [0.1, 0.15) is 0 Å². The van der Waals surface area contributed by atoms with Crippen molar-refractivity contribution >= 4 is 17.7 Å². The average Bonchev–Trinajstić information content (AvgIpc) is 3.45. The van der Waals surface area contributed by atoms with Crippen molar-refractivity contribution in [2.24, 2.45) is 11.8 Å². The maximum Gasteiger partial charge on any atom is 0.225 e. The van der Waals surface area contributed by atoms with Crippen molar-refractivity contribution in [3.05, 3.63) is 35.9 Å². The predicted octanol–water partition coefficient (Wildman–Crippen LogP) is 3.56. The Kier molecular flexibility index (Phi) is 13.6. The lowest BCUT2D eigenvalue weighted by atomic mass is 9.90. The first-order chi connectivity index (χ1) is 19.0. The van der Waals surface area contributed by atoms with Crippen molar-refractivity contribution in [2.45, 2.75) is 103 Å². The molecule has 0 aromatic heterocycles. The first-order valence-corrected chi connectivity index (χ1v) is 14.7. The summed E-state index contributed by atoms with van der Waals surface area (Å²) in [5.74, 6) is -0.684.